The second-order valence-corrected chi connectivity index (χ2v) is 9.08. The van der Waals surface area contributed by atoms with Gasteiger partial charge in [0.1, 0.15) is 6.33 Å². The summed E-state index contributed by atoms with van der Waals surface area (Å²) in [6.45, 7) is 0.228. The number of hydrogen-bond donors (Lipinski definition) is 2. The van der Waals surface area contributed by atoms with E-state index >= 15 is 0 Å². The molecule has 10 heteroatoms. The second-order valence-electron chi connectivity index (χ2n) is 6.06. The van der Waals surface area contributed by atoms with Crippen molar-refractivity contribution in [1.82, 2.24) is 24.8 Å². The SMILES string of the molecule is O=C(CN(Cc1ccccc1)S(=O)(=O)c1ccccc1)NCCSc1ncn[nH]1. The van der Waals surface area contributed by atoms with Gasteiger partial charge in [0.05, 0.1) is 11.4 Å². The van der Waals surface area contributed by atoms with Crippen molar-refractivity contribution < 1.29 is 13.2 Å². The lowest BCUT2D eigenvalue weighted by molar-refractivity contribution is -0.121. The summed E-state index contributed by atoms with van der Waals surface area (Å²) in [6.07, 6.45) is 1.41. The molecule has 0 aliphatic rings. The second kappa shape index (κ2) is 10.2. The summed E-state index contributed by atoms with van der Waals surface area (Å²) in [5.41, 5.74) is 0.806. The third kappa shape index (κ3) is 6.14. The van der Waals surface area contributed by atoms with Crippen LogP contribution in [0.5, 0.6) is 0 Å². The molecule has 2 N–H and O–H groups in total. The normalized spacial score (nSPS) is 11.5. The van der Waals surface area contributed by atoms with Crippen molar-refractivity contribution in [3.8, 4) is 0 Å². The van der Waals surface area contributed by atoms with Crippen molar-refractivity contribution in [3.63, 3.8) is 0 Å². The first-order valence-corrected chi connectivity index (χ1v) is 11.3. The number of nitrogens with zero attached hydrogens (tertiary/aromatic N) is 3. The Morgan fingerprint density at radius 3 is 2.41 bits per heavy atom. The molecule has 0 fully saturated rings. The molecule has 1 amide bonds. The van der Waals surface area contributed by atoms with Gasteiger partial charge < -0.3 is 5.32 Å². The molecule has 152 valence electrons. The molecular weight excluding hydrogens is 410 g/mol. The molecule has 0 radical (unpaired) electrons. The lowest BCUT2D eigenvalue weighted by atomic mass is 10.2. The number of carbonyl (C=O) groups is 1. The van der Waals surface area contributed by atoms with Crippen molar-refractivity contribution >= 4 is 27.7 Å². The summed E-state index contributed by atoms with van der Waals surface area (Å²) in [6, 6.07) is 17.3. The molecule has 0 saturated heterocycles. The van der Waals surface area contributed by atoms with E-state index in [4.69, 9.17) is 0 Å². The highest BCUT2D eigenvalue weighted by molar-refractivity contribution is 7.99. The van der Waals surface area contributed by atoms with Gasteiger partial charge in [0.15, 0.2) is 5.16 Å². The van der Waals surface area contributed by atoms with Gasteiger partial charge >= 0.3 is 0 Å². The number of sulfonamides is 1. The summed E-state index contributed by atoms with van der Waals surface area (Å²) in [7, 11) is -3.82. The molecule has 3 aromatic rings. The van der Waals surface area contributed by atoms with E-state index in [-0.39, 0.29) is 23.9 Å². The van der Waals surface area contributed by atoms with Gasteiger partial charge in [-0.3, -0.25) is 9.89 Å². The molecule has 8 nitrogen and oxygen atoms in total. The zero-order valence-electron chi connectivity index (χ0n) is 15.6. The van der Waals surface area contributed by atoms with Crippen LogP contribution in [0.15, 0.2) is 77.0 Å². The van der Waals surface area contributed by atoms with Crippen LogP contribution < -0.4 is 5.32 Å². The minimum atomic E-state index is -3.82. The Hall–Kier alpha value is -2.69. The molecule has 0 spiro atoms. The van der Waals surface area contributed by atoms with Gasteiger partial charge in [-0.1, -0.05) is 60.3 Å². The van der Waals surface area contributed by atoms with Gasteiger partial charge in [-0.2, -0.15) is 9.40 Å². The fraction of sp³-hybridized carbons (Fsp3) is 0.211. The van der Waals surface area contributed by atoms with Crippen molar-refractivity contribution in [3.05, 3.63) is 72.6 Å². The fourth-order valence-electron chi connectivity index (χ4n) is 2.57. The Bertz CT molecular complexity index is 997. The Morgan fingerprint density at radius 2 is 1.76 bits per heavy atom. The van der Waals surface area contributed by atoms with Crippen LogP contribution in [0.25, 0.3) is 0 Å². The number of carbonyl (C=O) groups excluding carboxylic acids is 1. The number of aromatic nitrogens is 3. The molecule has 0 unspecified atom stereocenters. The zero-order chi connectivity index (χ0) is 20.5. The minimum Gasteiger partial charge on any atom is -0.354 e. The van der Waals surface area contributed by atoms with E-state index < -0.39 is 10.0 Å². The number of rotatable bonds is 10. The Morgan fingerprint density at radius 1 is 1.07 bits per heavy atom. The Labute approximate surface area is 173 Å². The predicted molar refractivity (Wildman–Crippen MR) is 111 cm³/mol. The standard InChI is InChI=1S/C19H21N5O3S2/c25-18(20-11-12-28-19-21-15-22-23-19)14-24(13-16-7-3-1-4-8-16)29(26,27)17-9-5-2-6-10-17/h1-10,15H,11-14H2,(H,20,25)(H,21,22,23). The molecule has 1 heterocycles. The minimum absolute atomic E-state index is 0.109. The molecule has 0 atom stereocenters. The lowest BCUT2D eigenvalue weighted by Gasteiger charge is -2.22. The maximum absolute atomic E-state index is 13.1. The first-order valence-electron chi connectivity index (χ1n) is 8.90. The molecular formula is C19H21N5O3S2. The van der Waals surface area contributed by atoms with Crippen LogP contribution in [0.4, 0.5) is 0 Å². The average Bonchev–Trinajstić information content (AvgIpc) is 3.26. The highest BCUT2D eigenvalue weighted by atomic mass is 32.2. The number of aromatic amines is 1. The van der Waals surface area contributed by atoms with Gasteiger partial charge in [0.2, 0.25) is 15.9 Å². The number of H-pyrrole nitrogens is 1. The van der Waals surface area contributed by atoms with Crippen LogP contribution in [0, 0.1) is 0 Å². The Balaban J connectivity index is 1.65. The highest BCUT2D eigenvalue weighted by Gasteiger charge is 2.26. The summed E-state index contributed by atoms with van der Waals surface area (Å²) in [5.74, 6) is 0.226. The fourth-order valence-corrected chi connectivity index (χ4v) is 4.61. The molecule has 2 aromatic carbocycles. The predicted octanol–water partition coefficient (Wildman–Crippen LogP) is 1.90. The third-order valence-electron chi connectivity index (χ3n) is 3.96. The monoisotopic (exact) mass is 431 g/mol. The van der Waals surface area contributed by atoms with Crippen molar-refractivity contribution in [2.45, 2.75) is 16.6 Å². The largest absolute Gasteiger partial charge is 0.354 e. The molecule has 0 bridgehead atoms. The van der Waals surface area contributed by atoms with E-state index in [9.17, 15) is 13.2 Å². The highest BCUT2D eigenvalue weighted by Crippen LogP contribution is 2.18. The maximum Gasteiger partial charge on any atom is 0.243 e. The number of thioether (sulfide) groups is 1. The third-order valence-corrected chi connectivity index (χ3v) is 6.64. The molecule has 29 heavy (non-hydrogen) atoms. The van der Waals surface area contributed by atoms with Crippen molar-refractivity contribution in [2.24, 2.45) is 0 Å². The van der Waals surface area contributed by atoms with Gasteiger partial charge in [-0.25, -0.2) is 13.4 Å². The van der Waals surface area contributed by atoms with E-state index in [2.05, 4.69) is 20.5 Å². The smallest absolute Gasteiger partial charge is 0.243 e. The molecule has 0 aliphatic heterocycles. The van der Waals surface area contributed by atoms with Gasteiger partial charge in [-0.15, -0.1) is 0 Å². The van der Waals surface area contributed by atoms with Gasteiger partial charge in [0.25, 0.3) is 0 Å². The van der Waals surface area contributed by atoms with E-state index in [1.54, 1.807) is 18.2 Å². The first kappa shape index (κ1) is 21.0. The van der Waals surface area contributed by atoms with Crippen molar-refractivity contribution in [2.75, 3.05) is 18.8 Å². The number of nitrogens with one attached hydrogen (secondary N) is 2. The first-order chi connectivity index (χ1) is 14.1. The van der Waals surface area contributed by atoms with E-state index in [0.29, 0.717) is 17.5 Å². The van der Waals surface area contributed by atoms with Crippen LogP contribution in [0.3, 0.4) is 0 Å². The van der Waals surface area contributed by atoms with Crippen LogP contribution >= 0.6 is 11.8 Å². The van der Waals surface area contributed by atoms with E-state index in [1.165, 1.54) is 34.5 Å². The van der Waals surface area contributed by atoms with Crippen LogP contribution in [0.1, 0.15) is 5.56 Å². The number of amides is 1. The van der Waals surface area contributed by atoms with E-state index in [1.807, 2.05) is 30.3 Å². The lowest BCUT2D eigenvalue weighted by Crippen LogP contribution is -2.40. The van der Waals surface area contributed by atoms with Crippen LogP contribution in [-0.2, 0) is 21.4 Å². The summed E-state index contributed by atoms with van der Waals surface area (Å²) in [5, 5.41) is 9.90. The van der Waals surface area contributed by atoms with Crippen LogP contribution in [-0.4, -0.2) is 52.7 Å². The molecule has 0 saturated carbocycles. The zero-order valence-corrected chi connectivity index (χ0v) is 17.2. The van der Waals surface area contributed by atoms with Gasteiger partial charge in [-0.05, 0) is 17.7 Å². The number of hydrogen-bond acceptors (Lipinski definition) is 6. The summed E-state index contributed by atoms with van der Waals surface area (Å²) in [4.78, 5) is 16.6. The van der Waals surface area contributed by atoms with Crippen LogP contribution in [0.2, 0.25) is 0 Å². The van der Waals surface area contributed by atoms with E-state index in [0.717, 1.165) is 5.56 Å². The topological polar surface area (TPSA) is 108 Å². The van der Waals surface area contributed by atoms with Crippen molar-refractivity contribution in [1.29, 1.82) is 0 Å². The molecule has 0 aliphatic carbocycles. The molecule has 1 aromatic heterocycles. The van der Waals surface area contributed by atoms with Gasteiger partial charge in [0, 0.05) is 18.8 Å². The maximum atomic E-state index is 13.1. The summed E-state index contributed by atoms with van der Waals surface area (Å²) < 4.78 is 27.4. The average molecular weight is 432 g/mol. The molecule has 3 rings (SSSR count). The Kier molecular flexibility index (Phi) is 7.39. The summed E-state index contributed by atoms with van der Waals surface area (Å²) >= 11 is 1.42. The number of benzene rings is 2. The quantitative estimate of drug-likeness (QED) is 0.375.